The minimum atomic E-state index is -0.415. The molecule has 2 atom stereocenters. The average molecular weight is 288 g/mol. The van der Waals surface area contributed by atoms with Gasteiger partial charge in [0.2, 0.25) is 5.91 Å². The molecule has 0 aliphatic heterocycles. The number of hydrogen-bond acceptors (Lipinski definition) is 4. The Morgan fingerprint density at radius 3 is 2.95 bits per heavy atom. The van der Waals surface area contributed by atoms with E-state index < -0.39 is 6.10 Å². The molecule has 1 aliphatic rings. The Hall–Kier alpha value is -1.88. The summed E-state index contributed by atoms with van der Waals surface area (Å²) in [6.07, 6.45) is 3.52. The molecule has 0 spiro atoms. The lowest BCUT2D eigenvalue weighted by atomic mass is 9.91. The first-order valence-corrected chi connectivity index (χ1v) is 7.44. The number of para-hydroxylation sites is 1. The highest BCUT2D eigenvalue weighted by Crippen LogP contribution is 2.24. The van der Waals surface area contributed by atoms with Gasteiger partial charge in [0, 0.05) is 12.4 Å². The Labute approximate surface area is 123 Å². The van der Waals surface area contributed by atoms with Crippen LogP contribution in [0.1, 0.15) is 31.4 Å². The number of benzene rings is 1. The summed E-state index contributed by atoms with van der Waals surface area (Å²) in [5.41, 5.74) is 1.36. The number of carbonyl (C=O) groups excluding carboxylic acids is 1. The Kier molecular flexibility index (Phi) is 3.92. The normalized spacial score (nSPS) is 22.4. The lowest BCUT2D eigenvalue weighted by Gasteiger charge is -2.35. The van der Waals surface area contributed by atoms with Gasteiger partial charge in [-0.05, 0) is 25.0 Å². The van der Waals surface area contributed by atoms with Crippen molar-refractivity contribution in [3.63, 3.8) is 0 Å². The molecule has 1 saturated carbocycles. The van der Waals surface area contributed by atoms with E-state index in [1.807, 2.05) is 24.3 Å². The monoisotopic (exact) mass is 288 g/mol. The Morgan fingerprint density at radius 1 is 1.38 bits per heavy atom. The third kappa shape index (κ3) is 2.78. The van der Waals surface area contributed by atoms with Crippen molar-refractivity contribution in [2.75, 3.05) is 7.05 Å². The van der Waals surface area contributed by atoms with Crippen molar-refractivity contribution < 1.29 is 14.4 Å². The number of aliphatic hydroxyl groups is 1. The molecule has 0 bridgehead atoms. The lowest BCUT2D eigenvalue weighted by molar-refractivity contribution is -0.134. The molecule has 1 aromatic heterocycles. The van der Waals surface area contributed by atoms with Gasteiger partial charge in [-0.15, -0.1) is 0 Å². The summed E-state index contributed by atoms with van der Waals surface area (Å²) in [6.45, 7) is 0. The van der Waals surface area contributed by atoms with Crippen LogP contribution in [0.2, 0.25) is 0 Å². The number of nitrogens with zero attached hydrogens (tertiary/aromatic N) is 2. The van der Waals surface area contributed by atoms with Gasteiger partial charge >= 0.3 is 0 Å². The molecule has 2 unspecified atom stereocenters. The number of rotatable bonds is 3. The van der Waals surface area contributed by atoms with Gasteiger partial charge in [-0.1, -0.05) is 30.1 Å². The van der Waals surface area contributed by atoms with Crippen LogP contribution in [0.25, 0.3) is 11.0 Å². The van der Waals surface area contributed by atoms with E-state index in [0.29, 0.717) is 11.3 Å². The number of aromatic nitrogens is 1. The van der Waals surface area contributed by atoms with Crippen LogP contribution in [0.3, 0.4) is 0 Å². The highest BCUT2D eigenvalue weighted by molar-refractivity contribution is 5.86. The summed E-state index contributed by atoms with van der Waals surface area (Å²) in [6, 6.07) is 7.45. The van der Waals surface area contributed by atoms with E-state index in [1.54, 1.807) is 11.9 Å². The first-order chi connectivity index (χ1) is 10.2. The number of aliphatic hydroxyl groups excluding tert-OH is 1. The first kappa shape index (κ1) is 14.1. The van der Waals surface area contributed by atoms with Gasteiger partial charge in [0.15, 0.2) is 5.58 Å². The third-order valence-electron chi connectivity index (χ3n) is 4.36. The van der Waals surface area contributed by atoms with Crippen LogP contribution in [0.4, 0.5) is 0 Å². The lowest BCUT2D eigenvalue weighted by Crippen LogP contribution is -2.46. The summed E-state index contributed by atoms with van der Waals surface area (Å²) >= 11 is 0. The Bertz CT molecular complexity index is 637. The van der Waals surface area contributed by atoms with Crippen molar-refractivity contribution in [2.45, 2.75) is 44.2 Å². The molecule has 0 saturated heterocycles. The minimum Gasteiger partial charge on any atom is -0.391 e. The van der Waals surface area contributed by atoms with Gasteiger partial charge in [-0.2, -0.15) is 0 Å². The Balaban J connectivity index is 1.73. The number of likely N-dealkylation sites (N-methyl/N-ethyl adjacent to an activating group) is 1. The molecule has 1 amide bonds. The highest BCUT2D eigenvalue weighted by atomic mass is 16.5. The maximum Gasteiger partial charge on any atom is 0.228 e. The molecule has 5 nitrogen and oxygen atoms in total. The van der Waals surface area contributed by atoms with Crippen molar-refractivity contribution in [2.24, 2.45) is 0 Å². The van der Waals surface area contributed by atoms with E-state index in [-0.39, 0.29) is 18.4 Å². The molecule has 1 N–H and O–H groups in total. The van der Waals surface area contributed by atoms with Crippen molar-refractivity contribution >= 4 is 16.9 Å². The number of carbonyl (C=O) groups is 1. The average Bonchev–Trinajstić information content (AvgIpc) is 2.90. The van der Waals surface area contributed by atoms with Crippen LogP contribution in [0.15, 0.2) is 28.8 Å². The molecule has 1 aliphatic carbocycles. The van der Waals surface area contributed by atoms with Gasteiger partial charge in [-0.3, -0.25) is 4.79 Å². The molecule has 1 fully saturated rings. The second kappa shape index (κ2) is 5.85. The fourth-order valence-electron chi connectivity index (χ4n) is 3.06. The largest absolute Gasteiger partial charge is 0.391 e. The van der Waals surface area contributed by atoms with Crippen LogP contribution in [0.5, 0.6) is 0 Å². The molecule has 1 heterocycles. The molecule has 2 aromatic rings. The van der Waals surface area contributed by atoms with E-state index in [9.17, 15) is 9.90 Å². The van der Waals surface area contributed by atoms with Crippen LogP contribution in [-0.4, -0.2) is 40.3 Å². The third-order valence-corrected chi connectivity index (χ3v) is 4.36. The van der Waals surface area contributed by atoms with E-state index in [1.165, 1.54) is 0 Å². The van der Waals surface area contributed by atoms with E-state index in [0.717, 1.165) is 31.1 Å². The molecule has 0 radical (unpaired) electrons. The zero-order chi connectivity index (χ0) is 14.8. The zero-order valence-electron chi connectivity index (χ0n) is 12.2. The maximum absolute atomic E-state index is 12.4. The number of hydrogen-bond donors (Lipinski definition) is 1. The maximum atomic E-state index is 12.4. The summed E-state index contributed by atoms with van der Waals surface area (Å²) < 4.78 is 5.23. The van der Waals surface area contributed by atoms with Gasteiger partial charge in [0.25, 0.3) is 0 Å². The molecule has 5 heteroatoms. The second-order valence-electron chi connectivity index (χ2n) is 5.73. The fourth-order valence-corrected chi connectivity index (χ4v) is 3.06. The van der Waals surface area contributed by atoms with E-state index in [2.05, 4.69) is 5.16 Å². The van der Waals surface area contributed by atoms with E-state index in [4.69, 9.17) is 4.52 Å². The number of fused-ring (bicyclic) bond motifs is 1. The fraction of sp³-hybridized carbons (Fsp3) is 0.500. The quantitative estimate of drug-likeness (QED) is 0.939. The smallest absolute Gasteiger partial charge is 0.228 e. The van der Waals surface area contributed by atoms with Gasteiger partial charge in [-0.25, -0.2) is 0 Å². The van der Waals surface area contributed by atoms with Gasteiger partial charge < -0.3 is 14.5 Å². The predicted octanol–water partition coefficient (Wildman–Crippen LogP) is 2.13. The summed E-state index contributed by atoms with van der Waals surface area (Å²) in [7, 11) is 1.77. The predicted molar refractivity (Wildman–Crippen MR) is 78.7 cm³/mol. The van der Waals surface area contributed by atoms with Crippen molar-refractivity contribution in [1.29, 1.82) is 0 Å². The first-order valence-electron chi connectivity index (χ1n) is 7.44. The molecule has 3 rings (SSSR count). The zero-order valence-corrected chi connectivity index (χ0v) is 12.2. The molecular formula is C16H20N2O3. The summed E-state index contributed by atoms with van der Waals surface area (Å²) in [5.74, 6) is -0.0278. The van der Waals surface area contributed by atoms with Crippen LogP contribution < -0.4 is 0 Å². The summed E-state index contributed by atoms with van der Waals surface area (Å²) in [5, 5.41) is 14.9. The van der Waals surface area contributed by atoms with Crippen LogP contribution in [0, 0.1) is 0 Å². The molecule has 21 heavy (non-hydrogen) atoms. The van der Waals surface area contributed by atoms with Gasteiger partial charge in [0.1, 0.15) is 5.69 Å². The highest BCUT2D eigenvalue weighted by Gasteiger charge is 2.29. The topological polar surface area (TPSA) is 66.6 Å². The molecule has 112 valence electrons. The van der Waals surface area contributed by atoms with Crippen molar-refractivity contribution in [3.05, 3.63) is 30.0 Å². The molecule has 1 aromatic carbocycles. The second-order valence-corrected chi connectivity index (χ2v) is 5.73. The van der Waals surface area contributed by atoms with Crippen LogP contribution in [-0.2, 0) is 11.2 Å². The Morgan fingerprint density at radius 2 is 2.14 bits per heavy atom. The minimum absolute atomic E-state index is 0.0278. The molecular weight excluding hydrogens is 268 g/mol. The summed E-state index contributed by atoms with van der Waals surface area (Å²) in [4.78, 5) is 14.1. The van der Waals surface area contributed by atoms with Gasteiger partial charge in [0.05, 0.1) is 18.6 Å². The van der Waals surface area contributed by atoms with Crippen molar-refractivity contribution in [1.82, 2.24) is 10.1 Å². The van der Waals surface area contributed by atoms with Crippen molar-refractivity contribution in [3.8, 4) is 0 Å². The standard InChI is InChI=1S/C16H20N2O3/c1-18(13-7-3-4-8-14(13)19)16(20)10-12-11-6-2-5-9-15(11)21-17-12/h2,5-6,9,13-14,19H,3-4,7-8,10H2,1H3. The van der Waals surface area contributed by atoms with Crippen LogP contribution >= 0.6 is 0 Å². The SMILES string of the molecule is CN(C(=O)Cc1noc2ccccc12)C1CCCCC1O. The van der Waals surface area contributed by atoms with E-state index >= 15 is 0 Å². The number of amides is 1.